The van der Waals surface area contributed by atoms with Gasteiger partial charge in [0.05, 0.1) is 4.92 Å². The van der Waals surface area contributed by atoms with E-state index in [0.717, 1.165) is 25.1 Å². The number of hydrogen-bond donors (Lipinski definition) is 0. The standard InChI is InChI=1S/C14H20ClN3O2/c1-16(2)13-4-3-7-17(10-13)9-11-8-12(18(19)20)5-6-14(11)15/h5-6,8,13H,3-4,7,9-10H2,1-2H3. The second-order valence-electron chi connectivity index (χ2n) is 5.53. The first kappa shape index (κ1) is 15.2. The topological polar surface area (TPSA) is 49.6 Å². The fraction of sp³-hybridized carbons (Fsp3) is 0.571. The number of hydrogen-bond acceptors (Lipinski definition) is 4. The van der Waals surface area contributed by atoms with Gasteiger partial charge in [0.25, 0.3) is 5.69 Å². The van der Waals surface area contributed by atoms with E-state index < -0.39 is 0 Å². The van der Waals surface area contributed by atoms with Crippen LogP contribution < -0.4 is 0 Å². The Morgan fingerprint density at radius 2 is 2.25 bits per heavy atom. The minimum absolute atomic E-state index is 0.102. The largest absolute Gasteiger partial charge is 0.305 e. The third-order valence-electron chi connectivity index (χ3n) is 3.85. The van der Waals surface area contributed by atoms with E-state index in [-0.39, 0.29) is 10.6 Å². The molecule has 6 heteroatoms. The van der Waals surface area contributed by atoms with Crippen LogP contribution in [0, 0.1) is 10.1 Å². The minimum Gasteiger partial charge on any atom is -0.305 e. The summed E-state index contributed by atoms with van der Waals surface area (Å²) in [5.41, 5.74) is 0.936. The van der Waals surface area contributed by atoms with Crippen LogP contribution in [0.2, 0.25) is 5.02 Å². The predicted octanol–water partition coefficient (Wildman–Crippen LogP) is 2.77. The van der Waals surface area contributed by atoms with Gasteiger partial charge in [-0.2, -0.15) is 0 Å². The van der Waals surface area contributed by atoms with E-state index >= 15 is 0 Å². The second-order valence-corrected chi connectivity index (χ2v) is 5.93. The SMILES string of the molecule is CN(C)C1CCCN(Cc2cc([N+](=O)[O-])ccc2Cl)C1. The zero-order valence-corrected chi connectivity index (χ0v) is 12.6. The molecule has 2 rings (SSSR count). The Morgan fingerprint density at radius 1 is 1.50 bits per heavy atom. The number of nitro benzene ring substituents is 1. The Balaban J connectivity index is 2.09. The van der Waals surface area contributed by atoms with Crippen molar-refractivity contribution in [2.24, 2.45) is 0 Å². The van der Waals surface area contributed by atoms with Crippen LogP contribution in [0.4, 0.5) is 5.69 Å². The van der Waals surface area contributed by atoms with Gasteiger partial charge in [0, 0.05) is 36.3 Å². The molecule has 1 fully saturated rings. The van der Waals surface area contributed by atoms with E-state index in [1.165, 1.54) is 12.5 Å². The number of piperidine rings is 1. The van der Waals surface area contributed by atoms with Crippen molar-refractivity contribution >= 4 is 17.3 Å². The summed E-state index contributed by atoms with van der Waals surface area (Å²) in [5.74, 6) is 0. The molecule has 1 aromatic carbocycles. The molecule has 1 heterocycles. The number of likely N-dealkylation sites (N-methyl/N-ethyl adjacent to an activating group) is 1. The van der Waals surface area contributed by atoms with Crippen LogP contribution in [-0.2, 0) is 6.54 Å². The average molecular weight is 298 g/mol. The van der Waals surface area contributed by atoms with Gasteiger partial charge < -0.3 is 4.90 Å². The molecule has 1 aliphatic rings. The zero-order chi connectivity index (χ0) is 14.7. The molecule has 0 N–H and O–H groups in total. The molecule has 0 spiro atoms. The summed E-state index contributed by atoms with van der Waals surface area (Å²) in [7, 11) is 4.18. The molecular weight excluding hydrogens is 278 g/mol. The molecule has 110 valence electrons. The van der Waals surface area contributed by atoms with Crippen molar-refractivity contribution in [1.82, 2.24) is 9.80 Å². The Hall–Kier alpha value is -1.17. The van der Waals surface area contributed by atoms with Crippen molar-refractivity contribution in [2.75, 3.05) is 27.2 Å². The highest BCUT2D eigenvalue weighted by atomic mass is 35.5. The van der Waals surface area contributed by atoms with Crippen LogP contribution in [0.3, 0.4) is 0 Å². The van der Waals surface area contributed by atoms with Crippen molar-refractivity contribution in [1.29, 1.82) is 0 Å². The predicted molar refractivity (Wildman–Crippen MR) is 80.1 cm³/mol. The molecule has 0 aliphatic carbocycles. The van der Waals surface area contributed by atoms with Crippen molar-refractivity contribution in [3.05, 3.63) is 38.9 Å². The summed E-state index contributed by atoms with van der Waals surface area (Å²) >= 11 is 6.16. The first-order valence-electron chi connectivity index (χ1n) is 6.79. The van der Waals surface area contributed by atoms with Gasteiger partial charge in [-0.25, -0.2) is 0 Å². The minimum atomic E-state index is -0.376. The fourth-order valence-electron chi connectivity index (χ4n) is 2.63. The maximum absolute atomic E-state index is 10.8. The highest BCUT2D eigenvalue weighted by Crippen LogP contribution is 2.25. The van der Waals surface area contributed by atoms with Crippen molar-refractivity contribution < 1.29 is 4.92 Å². The molecule has 0 amide bonds. The van der Waals surface area contributed by atoms with E-state index in [9.17, 15) is 10.1 Å². The maximum atomic E-state index is 10.8. The van der Waals surface area contributed by atoms with Gasteiger partial charge >= 0.3 is 0 Å². The molecule has 5 nitrogen and oxygen atoms in total. The van der Waals surface area contributed by atoms with Gasteiger partial charge in [-0.15, -0.1) is 0 Å². The third-order valence-corrected chi connectivity index (χ3v) is 4.21. The Morgan fingerprint density at radius 3 is 2.90 bits per heavy atom. The number of halogens is 1. The van der Waals surface area contributed by atoms with Crippen molar-refractivity contribution in [3.8, 4) is 0 Å². The van der Waals surface area contributed by atoms with Crippen LogP contribution in [-0.4, -0.2) is 47.9 Å². The summed E-state index contributed by atoms with van der Waals surface area (Å²) in [6.07, 6.45) is 2.35. The van der Waals surface area contributed by atoms with E-state index in [0.29, 0.717) is 17.6 Å². The van der Waals surface area contributed by atoms with E-state index in [1.54, 1.807) is 12.1 Å². The van der Waals surface area contributed by atoms with Crippen LogP contribution in [0.15, 0.2) is 18.2 Å². The molecule has 0 saturated carbocycles. The normalized spacial score (nSPS) is 20.3. The smallest absolute Gasteiger partial charge is 0.269 e. The maximum Gasteiger partial charge on any atom is 0.269 e. The van der Waals surface area contributed by atoms with Crippen LogP contribution in [0.25, 0.3) is 0 Å². The summed E-state index contributed by atoms with van der Waals surface area (Å²) in [4.78, 5) is 15.0. The first-order valence-corrected chi connectivity index (χ1v) is 7.17. The van der Waals surface area contributed by atoms with E-state index in [4.69, 9.17) is 11.6 Å². The molecule has 20 heavy (non-hydrogen) atoms. The molecule has 1 unspecified atom stereocenters. The lowest BCUT2D eigenvalue weighted by Gasteiger charge is -2.36. The van der Waals surface area contributed by atoms with E-state index in [2.05, 4.69) is 23.9 Å². The highest BCUT2D eigenvalue weighted by Gasteiger charge is 2.22. The van der Waals surface area contributed by atoms with Crippen molar-refractivity contribution in [2.45, 2.75) is 25.4 Å². The van der Waals surface area contributed by atoms with E-state index in [1.807, 2.05) is 0 Å². The van der Waals surface area contributed by atoms with Gasteiger partial charge in [0.2, 0.25) is 0 Å². The molecular formula is C14H20ClN3O2. The van der Waals surface area contributed by atoms with Crippen LogP contribution in [0.5, 0.6) is 0 Å². The lowest BCUT2D eigenvalue weighted by Crippen LogP contribution is -2.44. The molecule has 0 bridgehead atoms. The third kappa shape index (κ3) is 3.69. The van der Waals surface area contributed by atoms with Gasteiger partial charge in [-0.1, -0.05) is 11.6 Å². The molecule has 0 aromatic heterocycles. The summed E-state index contributed by atoms with van der Waals surface area (Å²) in [6, 6.07) is 5.19. The number of likely N-dealkylation sites (tertiary alicyclic amines) is 1. The highest BCUT2D eigenvalue weighted by molar-refractivity contribution is 6.31. The lowest BCUT2D eigenvalue weighted by atomic mass is 10.0. The monoisotopic (exact) mass is 297 g/mol. The van der Waals surface area contributed by atoms with Crippen LogP contribution in [0.1, 0.15) is 18.4 Å². The number of rotatable bonds is 4. The van der Waals surface area contributed by atoms with Crippen LogP contribution >= 0.6 is 11.6 Å². The molecule has 1 saturated heterocycles. The van der Waals surface area contributed by atoms with Gasteiger partial charge in [0.1, 0.15) is 0 Å². The average Bonchev–Trinajstić information content (AvgIpc) is 2.41. The van der Waals surface area contributed by atoms with Gasteiger partial charge in [-0.3, -0.25) is 15.0 Å². The fourth-order valence-corrected chi connectivity index (χ4v) is 2.81. The number of nitro groups is 1. The van der Waals surface area contributed by atoms with Gasteiger partial charge in [-0.05, 0) is 45.1 Å². The first-order chi connectivity index (χ1) is 9.47. The molecule has 1 atom stereocenters. The zero-order valence-electron chi connectivity index (χ0n) is 11.9. The molecule has 0 radical (unpaired) electrons. The Labute approximate surface area is 124 Å². The van der Waals surface area contributed by atoms with Gasteiger partial charge in [0.15, 0.2) is 0 Å². The summed E-state index contributed by atoms with van der Waals surface area (Å²) in [5, 5.41) is 11.4. The second kappa shape index (κ2) is 6.52. The number of benzene rings is 1. The number of nitrogens with zero attached hydrogens (tertiary/aromatic N) is 3. The quantitative estimate of drug-likeness (QED) is 0.633. The summed E-state index contributed by atoms with van der Waals surface area (Å²) < 4.78 is 0. The molecule has 1 aliphatic heterocycles. The molecule has 1 aromatic rings. The van der Waals surface area contributed by atoms with Crippen molar-refractivity contribution in [3.63, 3.8) is 0 Å². The lowest BCUT2D eigenvalue weighted by molar-refractivity contribution is -0.384. The Kier molecular flexibility index (Phi) is 4.96. The summed E-state index contributed by atoms with van der Waals surface area (Å²) in [6.45, 7) is 2.67. The Bertz CT molecular complexity index is 493. The number of non-ortho nitro benzene ring substituents is 1.